The van der Waals surface area contributed by atoms with Gasteiger partial charge in [0.1, 0.15) is 6.10 Å². The van der Waals surface area contributed by atoms with Gasteiger partial charge in [-0.25, -0.2) is 0 Å². The number of ether oxygens (including phenoxy) is 3. The number of carbonyl (C=O) groups excluding carboxylic acids is 1. The van der Waals surface area contributed by atoms with Crippen LogP contribution < -0.4 is 0 Å². The SMILES string of the molecule is COC1(OC)CC(OC=O)C1. The molecule has 1 rings (SSSR count). The molecule has 0 heterocycles. The molecule has 0 aromatic heterocycles. The summed E-state index contributed by atoms with van der Waals surface area (Å²) in [7, 11) is 3.17. The maximum atomic E-state index is 9.89. The van der Waals surface area contributed by atoms with Crippen LogP contribution in [0.4, 0.5) is 0 Å². The normalized spacial score (nSPS) is 22.4. The summed E-state index contributed by atoms with van der Waals surface area (Å²) in [4.78, 5) is 9.89. The lowest BCUT2D eigenvalue weighted by Crippen LogP contribution is -2.51. The Labute approximate surface area is 65.4 Å². The zero-order valence-corrected chi connectivity index (χ0v) is 6.70. The second-order valence-electron chi connectivity index (χ2n) is 2.58. The predicted molar refractivity (Wildman–Crippen MR) is 36.9 cm³/mol. The number of carbonyl (C=O) groups is 1. The minimum absolute atomic E-state index is 0.0348. The van der Waals surface area contributed by atoms with Gasteiger partial charge in [0.2, 0.25) is 0 Å². The van der Waals surface area contributed by atoms with E-state index >= 15 is 0 Å². The van der Waals surface area contributed by atoms with E-state index in [4.69, 9.17) is 14.2 Å². The summed E-state index contributed by atoms with van der Waals surface area (Å²) in [6.07, 6.45) is 1.21. The van der Waals surface area contributed by atoms with E-state index < -0.39 is 5.79 Å². The van der Waals surface area contributed by atoms with E-state index in [9.17, 15) is 4.79 Å². The molecular formula is C7H12O4. The molecule has 0 radical (unpaired) electrons. The van der Waals surface area contributed by atoms with Gasteiger partial charge in [-0.05, 0) is 0 Å². The maximum absolute atomic E-state index is 9.89. The summed E-state index contributed by atoms with van der Waals surface area (Å²) in [6, 6.07) is 0. The molecule has 0 saturated heterocycles. The highest BCUT2D eigenvalue weighted by atomic mass is 16.7. The van der Waals surface area contributed by atoms with Crippen LogP contribution in [-0.4, -0.2) is 32.6 Å². The van der Waals surface area contributed by atoms with Gasteiger partial charge in [-0.15, -0.1) is 0 Å². The summed E-state index contributed by atoms with van der Waals surface area (Å²) in [6.45, 7) is 0.458. The number of methoxy groups -OCH3 is 2. The van der Waals surface area contributed by atoms with Crippen molar-refractivity contribution in [3.63, 3.8) is 0 Å². The highest BCUT2D eigenvalue weighted by molar-refractivity contribution is 5.37. The van der Waals surface area contributed by atoms with Gasteiger partial charge in [0, 0.05) is 27.1 Å². The fourth-order valence-corrected chi connectivity index (χ4v) is 1.23. The zero-order valence-electron chi connectivity index (χ0n) is 6.70. The smallest absolute Gasteiger partial charge is 0.293 e. The molecule has 64 valence electrons. The van der Waals surface area contributed by atoms with Crippen LogP contribution >= 0.6 is 0 Å². The summed E-state index contributed by atoms with van der Waals surface area (Å²) in [5.74, 6) is -0.506. The lowest BCUT2D eigenvalue weighted by atomic mass is 9.87. The van der Waals surface area contributed by atoms with E-state index in [1.54, 1.807) is 14.2 Å². The predicted octanol–water partition coefficient (Wildman–Crippen LogP) is 0.311. The first-order valence-electron chi connectivity index (χ1n) is 3.46. The average molecular weight is 160 g/mol. The van der Waals surface area contributed by atoms with Crippen molar-refractivity contribution in [1.82, 2.24) is 0 Å². The van der Waals surface area contributed by atoms with Crippen LogP contribution in [0.2, 0.25) is 0 Å². The lowest BCUT2D eigenvalue weighted by Gasteiger charge is -2.43. The van der Waals surface area contributed by atoms with E-state index in [-0.39, 0.29) is 6.10 Å². The van der Waals surface area contributed by atoms with E-state index in [0.29, 0.717) is 19.3 Å². The van der Waals surface area contributed by atoms with Gasteiger partial charge < -0.3 is 14.2 Å². The highest BCUT2D eigenvalue weighted by Crippen LogP contribution is 2.37. The number of hydrogen-bond acceptors (Lipinski definition) is 4. The van der Waals surface area contributed by atoms with Gasteiger partial charge in [0.25, 0.3) is 6.47 Å². The van der Waals surface area contributed by atoms with Crippen LogP contribution in [-0.2, 0) is 19.0 Å². The lowest BCUT2D eigenvalue weighted by molar-refractivity contribution is -0.282. The van der Waals surface area contributed by atoms with E-state index in [0.717, 1.165) is 0 Å². The van der Waals surface area contributed by atoms with Crippen molar-refractivity contribution in [2.75, 3.05) is 14.2 Å². The minimum Gasteiger partial charge on any atom is -0.464 e. The van der Waals surface area contributed by atoms with Gasteiger partial charge in [0.15, 0.2) is 5.79 Å². The van der Waals surface area contributed by atoms with Gasteiger partial charge in [-0.1, -0.05) is 0 Å². The zero-order chi connectivity index (χ0) is 8.32. The Bertz CT molecular complexity index is 133. The van der Waals surface area contributed by atoms with E-state index in [1.165, 1.54) is 0 Å². The van der Waals surface area contributed by atoms with Crippen molar-refractivity contribution in [3.8, 4) is 0 Å². The molecule has 0 bridgehead atoms. The first-order valence-corrected chi connectivity index (χ1v) is 3.46. The van der Waals surface area contributed by atoms with Crippen molar-refractivity contribution in [2.24, 2.45) is 0 Å². The van der Waals surface area contributed by atoms with Crippen molar-refractivity contribution in [3.05, 3.63) is 0 Å². The molecule has 0 N–H and O–H groups in total. The Morgan fingerprint density at radius 2 is 1.91 bits per heavy atom. The molecule has 4 nitrogen and oxygen atoms in total. The summed E-state index contributed by atoms with van der Waals surface area (Å²) < 4.78 is 14.9. The van der Waals surface area contributed by atoms with Crippen LogP contribution in [0.1, 0.15) is 12.8 Å². The quantitative estimate of drug-likeness (QED) is 0.438. The molecule has 0 unspecified atom stereocenters. The standard InChI is InChI=1S/C7H12O4/c1-9-7(10-2)3-6(4-7)11-5-8/h5-6H,3-4H2,1-2H3. The molecule has 0 amide bonds. The third-order valence-corrected chi connectivity index (χ3v) is 2.07. The molecule has 1 saturated carbocycles. The van der Waals surface area contributed by atoms with Gasteiger partial charge in [0.05, 0.1) is 0 Å². The molecule has 0 spiro atoms. The Morgan fingerprint density at radius 1 is 1.36 bits per heavy atom. The second kappa shape index (κ2) is 3.19. The van der Waals surface area contributed by atoms with Crippen molar-refractivity contribution in [2.45, 2.75) is 24.7 Å². The van der Waals surface area contributed by atoms with E-state index in [1.807, 2.05) is 0 Å². The molecular weight excluding hydrogens is 148 g/mol. The van der Waals surface area contributed by atoms with Gasteiger partial charge >= 0.3 is 0 Å². The second-order valence-corrected chi connectivity index (χ2v) is 2.58. The largest absolute Gasteiger partial charge is 0.464 e. The van der Waals surface area contributed by atoms with Crippen LogP contribution in [0, 0.1) is 0 Å². The molecule has 0 aromatic carbocycles. The van der Waals surface area contributed by atoms with Crippen molar-refractivity contribution < 1.29 is 19.0 Å². The Hall–Kier alpha value is -0.610. The van der Waals surface area contributed by atoms with Crippen LogP contribution in [0.25, 0.3) is 0 Å². The first kappa shape index (κ1) is 8.49. The molecule has 11 heavy (non-hydrogen) atoms. The molecule has 1 aliphatic carbocycles. The third kappa shape index (κ3) is 1.52. The molecule has 0 aromatic rings. The Kier molecular flexibility index (Phi) is 2.46. The van der Waals surface area contributed by atoms with Gasteiger partial charge in [-0.3, -0.25) is 4.79 Å². The fraction of sp³-hybridized carbons (Fsp3) is 0.857. The Morgan fingerprint density at radius 3 is 2.27 bits per heavy atom. The summed E-state index contributed by atoms with van der Waals surface area (Å²) in [5, 5.41) is 0. The molecule has 0 atom stereocenters. The fourth-order valence-electron chi connectivity index (χ4n) is 1.23. The van der Waals surface area contributed by atoms with Crippen molar-refractivity contribution in [1.29, 1.82) is 0 Å². The maximum Gasteiger partial charge on any atom is 0.293 e. The summed E-state index contributed by atoms with van der Waals surface area (Å²) >= 11 is 0. The minimum atomic E-state index is -0.506. The monoisotopic (exact) mass is 160 g/mol. The molecule has 0 aliphatic heterocycles. The van der Waals surface area contributed by atoms with Crippen LogP contribution in [0.3, 0.4) is 0 Å². The van der Waals surface area contributed by atoms with Crippen LogP contribution in [0.15, 0.2) is 0 Å². The van der Waals surface area contributed by atoms with Crippen molar-refractivity contribution >= 4 is 6.47 Å². The van der Waals surface area contributed by atoms with Crippen LogP contribution in [0.5, 0.6) is 0 Å². The number of hydrogen-bond donors (Lipinski definition) is 0. The topological polar surface area (TPSA) is 44.8 Å². The first-order chi connectivity index (χ1) is 5.26. The third-order valence-electron chi connectivity index (χ3n) is 2.07. The number of rotatable bonds is 4. The summed E-state index contributed by atoms with van der Waals surface area (Å²) in [5.41, 5.74) is 0. The molecule has 1 fully saturated rings. The van der Waals surface area contributed by atoms with Gasteiger partial charge in [-0.2, -0.15) is 0 Å². The molecule has 4 heteroatoms. The average Bonchev–Trinajstić information content (AvgIpc) is 1.96. The Balaban J connectivity index is 2.29. The highest BCUT2D eigenvalue weighted by Gasteiger charge is 2.46. The molecule has 1 aliphatic rings. The van der Waals surface area contributed by atoms with E-state index in [2.05, 4.69) is 0 Å².